The van der Waals surface area contributed by atoms with Crippen molar-refractivity contribution in [3.63, 3.8) is 0 Å². The molecule has 0 bridgehead atoms. The summed E-state index contributed by atoms with van der Waals surface area (Å²) in [5, 5.41) is 11.4. The van der Waals surface area contributed by atoms with Gasteiger partial charge in [-0.25, -0.2) is 9.67 Å². The molecule has 29 heavy (non-hydrogen) atoms. The van der Waals surface area contributed by atoms with Gasteiger partial charge in [0.2, 0.25) is 11.9 Å². The molecule has 144 valence electrons. The van der Waals surface area contributed by atoms with Gasteiger partial charge in [-0.1, -0.05) is 36.4 Å². The zero-order chi connectivity index (χ0) is 20.1. The molecular formula is C22H20N6O. The molecule has 0 saturated carbocycles. The Morgan fingerprint density at radius 2 is 1.90 bits per heavy atom. The average Bonchev–Trinajstić information content (AvgIpc) is 3.11. The molecule has 0 atom stereocenters. The van der Waals surface area contributed by atoms with Gasteiger partial charge in [0.1, 0.15) is 0 Å². The van der Waals surface area contributed by atoms with Crippen LogP contribution in [0.3, 0.4) is 0 Å². The highest BCUT2D eigenvalue weighted by Crippen LogP contribution is 2.18. The van der Waals surface area contributed by atoms with Gasteiger partial charge in [-0.05, 0) is 42.8 Å². The van der Waals surface area contributed by atoms with Crippen LogP contribution in [0.5, 0.6) is 0 Å². The second-order valence-electron chi connectivity index (χ2n) is 6.46. The number of aromatic nitrogens is 4. The molecular weight excluding hydrogens is 364 g/mol. The minimum Gasteiger partial charge on any atom is -0.324 e. The van der Waals surface area contributed by atoms with Crippen LogP contribution in [0.4, 0.5) is 17.3 Å². The first-order chi connectivity index (χ1) is 14.2. The first-order valence-electron chi connectivity index (χ1n) is 9.24. The van der Waals surface area contributed by atoms with E-state index in [2.05, 4.69) is 25.7 Å². The zero-order valence-electron chi connectivity index (χ0n) is 15.9. The van der Waals surface area contributed by atoms with Gasteiger partial charge in [0.25, 0.3) is 0 Å². The Hall–Kier alpha value is -4.00. The Balaban J connectivity index is 1.56. The number of amides is 1. The lowest BCUT2D eigenvalue weighted by Gasteiger charge is -2.08. The normalized spacial score (nSPS) is 11.1. The summed E-state index contributed by atoms with van der Waals surface area (Å²) in [5.74, 6) is 0.358. The molecule has 4 rings (SSSR count). The topological polar surface area (TPSA) is 84.7 Å². The number of nitrogens with zero attached hydrogens (tertiary/aromatic N) is 4. The van der Waals surface area contributed by atoms with Crippen molar-refractivity contribution in [2.45, 2.75) is 13.5 Å². The number of rotatable bonds is 6. The number of para-hydroxylation sites is 1. The minimum absolute atomic E-state index is 0.154. The maximum Gasteiger partial charge on any atom is 0.248 e. The van der Waals surface area contributed by atoms with E-state index in [1.54, 1.807) is 18.5 Å². The van der Waals surface area contributed by atoms with Gasteiger partial charge in [0.05, 0.1) is 18.1 Å². The molecule has 0 aliphatic heterocycles. The Labute approximate surface area is 168 Å². The number of carbonyl (C=O) groups excluding carboxylic acids is 1. The predicted octanol–water partition coefficient (Wildman–Crippen LogP) is 4.13. The molecule has 7 heteroatoms. The van der Waals surface area contributed by atoms with Gasteiger partial charge in [0, 0.05) is 17.6 Å². The van der Waals surface area contributed by atoms with E-state index in [0.29, 0.717) is 12.5 Å². The predicted molar refractivity (Wildman–Crippen MR) is 114 cm³/mol. The summed E-state index contributed by atoms with van der Waals surface area (Å²) in [7, 11) is 0. The van der Waals surface area contributed by atoms with Crippen LogP contribution in [0.2, 0.25) is 0 Å². The Morgan fingerprint density at radius 1 is 1.07 bits per heavy atom. The third-order valence-electron chi connectivity index (χ3n) is 4.25. The molecule has 0 unspecified atom stereocenters. The number of hydrogen-bond acceptors (Lipinski definition) is 5. The van der Waals surface area contributed by atoms with E-state index in [1.165, 1.54) is 6.08 Å². The Morgan fingerprint density at radius 3 is 2.72 bits per heavy atom. The molecule has 0 aliphatic carbocycles. The Kier molecular flexibility index (Phi) is 5.29. The molecule has 4 aromatic rings. The molecule has 0 saturated heterocycles. The minimum atomic E-state index is -0.154. The lowest BCUT2D eigenvalue weighted by atomic mass is 10.2. The molecule has 7 nitrogen and oxygen atoms in total. The SMILES string of the molecule is C/C=C/C(=O)Nc1cccc(Cn2ncc3cnc(Nc4ccccc4)nc32)c1. The van der Waals surface area contributed by atoms with Crippen LogP contribution in [0.25, 0.3) is 11.0 Å². The van der Waals surface area contributed by atoms with Gasteiger partial charge in [-0.15, -0.1) is 0 Å². The highest BCUT2D eigenvalue weighted by molar-refractivity contribution is 5.99. The number of hydrogen-bond donors (Lipinski definition) is 2. The van der Waals surface area contributed by atoms with E-state index in [1.807, 2.05) is 66.2 Å². The van der Waals surface area contributed by atoms with Gasteiger partial charge in [-0.3, -0.25) is 4.79 Å². The second-order valence-corrected chi connectivity index (χ2v) is 6.46. The number of fused-ring (bicyclic) bond motifs is 1. The van der Waals surface area contributed by atoms with Crippen molar-refractivity contribution >= 4 is 34.3 Å². The van der Waals surface area contributed by atoms with Gasteiger partial charge >= 0.3 is 0 Å². The van der Waals surface area contributed by atoms with Crippen molar-refractivity contribution < 1.29 is 4.79 Å². The number of nitrogens with one attached hydrogen (secondary N) is 2. The molecule has 2 heterocycles. The fourth-order valence-electron chi connectivity index (χ4n) is 2.95. The third-order valence-corrected chi connectivity index (χ3v) is 4.25. The van der Waals surface area contributed by atoms with Gasteiger partial charge in [-0.2, -0.15) is 10.1 Å². The third kappa shape index (κ3) is 4.47. The summed E-state index contributed by atoms with van der Waals surface area (Å²) in [4.78, 5) is 20.7. The first kappa shape index (κ1) is 18.4. The summed E-state index contributed by atoms with van der Waals surface area (Å²) < 4.78 is 1.82. The van der Waals surface area contributed by atoms with E-state index in [-0.39, 0.29) is 5.91 Å². The highest BCUT2D eigenvalue weighted by atomic mass is 16.1. The Bertz CT molecular complexity index is 1170. The molecule has 0 spiro atoms. The average molecular weight is 384 g/mol. The molecule has 0 fully saturated rings. The highest BCUT2D eigenvalue weighted by Gasteiger charge is 2.08. The van der Waals surface area contributed by atoms with Crippen LogP contribution in [0.15, 0.2) is 79.1 Å². The van der Waals surface area contributed by atoms with E-state index in [4.69, 9.17) is 0 Å². The standard InChI is InChI=1S/C22H20N6O/c1-2-7-20(29)25-19-11-6-8-16(12-19)15-28-21-17(14-24-28)13-23-22(27-21)26-18-9-4-3-5-10-18/h2-14H,15H2,1H3,(H,25,29)(H,23,26,27)/b7-2+. The fourth-order valence-corrected chi connectivity index (χ4v) is 2.95. The number of anilines is 3. The van der Waals surface area contributed by atoms with Crippen LogP contribution >= 0.6 is 0 Å². The van der Waals surface area contributed by atoms with Crippen molar-refractivity contribution in [3.05, 3.63) is 84.7 Å². The lowest BCUT2D eigenvalue weighted by Crippen LogP contribution is -2.09. The summed E-state index contributed by atoms with van der Waals surface area (Å²) in [6.45, 7) is 2.33. The van der Waals surface area contributed by atoms with E-state index < -0.39 is 0 Å². The number of benzene rings is 2. The van der Waals surface area contributed by atoms with Crippen LogP contribution in [0.1, 0.15) is 12.5 Å². The molecule has 2 aromatic carbocycles. The van der Waals surface area contributed by atoms with Gasteiger partial charge < -0.3 is 10.6 Å². The first-order valence-corrected chi connectivity index (χ1v) is 9.24. The number of carbonyl (C=O) groups is 1. The maximum absolute atomic E-state index is 11.8. The largest absolute Gasteiger partial charge is 0.324 e. The molecule has 0 aliphatic rings. The van der Waals surface area contributed by atoms with Crippen molar-refractivity contribution in [1.82, 2.24) is 19.7 Å². The van der Waals surface area contributed by atoms with E-state index >= 15 is 0 Å². The zero-order valence-corrected chi connectivity index (χ0v) is 15.9. The second kappa shape index (κ2) is 8.35. The monoisotopic (exact) mass is 384 g/mol. The molecule has 2 aromatic heterocycles. The summed E-state index contributed by atoms with van der Waals surface area (Å²) in [6.07, 6.45) is 6.70. The van der Waals surface area contributed by atoms with Crippen molar-refractivity contribution in [2.75, 3.05) is 10.6 Å². The fraction of sp³-hybridized carbons (Fsp3) is 0.0909. The van der Waals surface area contributed by atoms with Crippen LogP contribution < -0.4 is 10.6 Å². The smallest absolute Gasteiger partial charge is 0.248 e. The number of allylic oxidation sites excluding steroid dienone is 1. The van der Waals surface area contributed by atoms with E-state index in [9.17, 15) is 4.79 Å². The van der Waals surface area contributed by atoms with Crippen molar-refractivity contribution in [3.8, 4) is 0 Å². The van der Waals surface area contributed by atoms with Crippen LogP contribution in [0, 0.1) is 0 Å². The quantitative estimate of drug-likeness (QED) is 0.488. The van der Waals surface area contributed by atoms with Crippen molar-refractivity contribution in [1.29, 1.82) is 0 Å². The van der Waals surface area contributed by atoms with Crippen LogP contribution in [-0.2, 0) is 11.3 Å². The van der Waals surface area contributed by atoms with Crippen molar-refractivity contribution in [2.24, 2.45) is 0 Å². The summed E-state index contributed by atoms with van der Waals surface area (Å²) in [5.41, 5.74) is 3.40. The molecule has 2 N–H and O–H groups in total. The lowest BCUT2D eigenvalue weighted by molar-refractivity contribution is -0.111. The summed E-state index contributed by atoms with van der Waals surface area (Å²) >= 11 is 0. The maximum atomic E-state index is 11.8. The van der Waals surface area contributed by atoms with Gasteiger partial charge in [0.15, 0.2) is 5.65 Å². The van der Waals surface area contributed by atoms with E-state index in [0.717, 1.165) is 28.0 Å². The summed E-state index contributed by atoms with van der Waals surface area (Å²) in [6, 6.07) is 17.5. The van der Waals surface area contributed by atoms with Crippen LogP contribution in [-0.4, -0.2) is 25.7 Å². The molecule has 0 radical (unpaired) electrons. The molecule has 1 amide bonds.